The van der Waals surface area contributed by atoms with Gasteiger partial charge < -0.3 is 9.47 Å². The third-order valence-electron chi connectivity index (χ3n) is 3.48. The van der Waals surface area contributed by atoms with Gasteiger partial charge in [-0.3, -0.25) is 10.2 Å². The van der Waals surface area contributed by atoms with Crippen molar-refractivity contribution in [3.05, 3.63) is 35.3 Å². The number of thiazole rings is 1. The summed E-state index contributed by atoms with van der Waals surface area (Å²) in [6.07, 6.45) is 0.145. The van der Waals surface area contributed by atoms with Crippen molar-refractivity contribution in [3.8, 4) is 16.3 Å². The van der Waals surface area contributed by atoms with E-state index in [0.717, 1.165) is 16.3 Å². The van der Waals surface area contributed by atoms with Crippen molar-refractivity contribution in [2.45, 2.75) is 20.0 Å². The molecule has 1 aromatic heterocycles. The van der Waals surface area contributed by atoms with E-state index in [4.69, 9.17) is 9.47 Å². The van der Waals surface area contributed by atoms with Gasteiger partial charge in [0.2, 0.25) is 0 Å². The molecule has 128 valence electrons. The maximum Gasteiger partial charge on any atom is 0.285 e. The van der Waals surface area contributed by atoms with E-state index in [1.165, 1.54) is 11.3 Å². The molecule has 0 atom stereocenters. The fourth-order valence-electron chi connectivity index (χ4n) is 2.33. The summed E-state index contributed by atoms with van der Waals surface area (Å²) >= 11 is 1.46. The Labute approximate surface area is 145 Å². The predicted molar refractivity (Wildman–Crippen MR) is 93.2 cm³/mol. The molecule has 1 aromatic carbocycles. The van der Waals surface area contributed by atoms with Crippen LogP contribution in [0.25, 0.3) is 10.6 Å². The molecule has 1 amide bonds. The number of rotatable bonds is 5. The van der Waals surface area contributed by atoms with E-state index in [-0.39, 0.29) is 12.0 Å². The van der Waals surface area contributed by atoms with E-state index in [9.17, 15) is 4.79 Å². The summed E-state index contributed by atoms with van der Waals surface area (Å²) in [7, 11) is 0. The molecule has 1 N–H and O–H groups in total. The van der Waals surface area contributed by atoms with E-state index in [1.807, 2.05) is 43.1 Å². The standard InChI is InChI=1S/C17H21N3O3S/c1-12(2)23-14-5-3-13(4-6-14)17-18-15(11-24-17)16(21)19-20-7-9-22-10-8-20/h3-6,11-12H,7-10H2,1-2H3,(H,19,21). The second-order valence-electron chi connectivity index (χ2n) is 5.77. The van der Waals surface area contributed by atoms with Crippen LogP contribution in [0.2, 0.25) is 0 Å². The quantitative estimate of drug-likeness (QED) is 0.901. The van der Waals surface area contributed by atoms with Crippen LogP contribution in [0.1, 0.15) is 24.3 Å². The second kappa shape index (κ2) is 7.74. The SMILES string of the molecule is CC(C)Oc1ccc(-c2nc(C(=O)NN3CCOCC3)cs2)cc1. The first kappa shape index (κ1) is 16.9. The molecule has 2 aromatic rings. The van der Waals surface area contributed by atoms with Gasteiger partial charge in [-0.1, -0.05) is 0 Å². The lowest BCUT2D eigenvalue weighted by atomic mass is 10.2. The van der Waals surface area contributed by atoms with Crippen LogP contribution >= 0.6 is 11.3 Å². The van der Waals surface area contributed by atoms with E-state index in [1.54, 1.807) is 5.38 Å². The van der Waals surface area contributed by atoms with Crippen LogP contribution in [-0.4, -0.2) is 48.3 Å². The lowest BCUT2D eigenvalue weighted by molar-refractivity contribution is 0.0125. The van der Waals surface area contributed by atoms with Crippen LogP contribution in [0.3, 0.4) is 0 Å². The molecular weight excluding hydrogens is 326 g/mol. The topological polar surface area (TPSA) is 63.7 Å². The van der Waals surface area contributed by atoms with Crippen molar-refractivity contribution in [2.75, 3.05) is 26.3 Å². The first-order valence-electron chi connectivity index (χ1n) is 7.98. The number of nitrogens with zero attached hydrogens (tertiary/aromatic N) is 2. The number of morpholine rings is 1. The molecule has 0 unspecified atom stereocenters. The van der Waals surface area contributed by atoms with Gasteiger partial charge in [0.25, 0.3) is 5.91 Å². The number of benzene rings is 1. The summed E-state index contributed by atoms with van der Waals surface area (Å²) in [6, 6.07) is 7.76. The van der Waals surface area contributed by atoms with Gasteiger partial charge in [-0.2, -0.15) is 0 Å². The van der Waals surface area contributed by atoms with Gasteiger partial charge in [0.1, 0.15) is 16.5 Å². The fraction of sp³-hybridized carbons (Fsp3) is 0.412. The second-order valence-corrected chi connectivity index (χ2v) is 6.63. The molecule has 0 aliphatic carbocycles. The van der Waals surface area contributed by atoms with Gasteiger partial charge in [-0.05, 0) is 38.1 Å². The van der Waals surface area contributed by atoms with E-state index < -0.39 is 0 Å². The molecule has 1 saturated heterocycles. The molecule has 0 saturated carbocycles. The Bertz CT molecular complexity index is 679. The maximum absolute atomic E-state index is 12.3. The van der Waals surface area contributed by atoms with Crippen molar-refractivity contribution in [1.82, 2.24) is 15.4 Å². The third kappa shape index (κ3) is 4.31. The molecular formula is C17H21N3O3S. The Morgan fingerprint density at radius 3 is 2.67 bits per heavy atom. The highest BCUT2D eigenvalue weighted by atomic mass is 32.1. The fourth-order valence-corrected chi connectivity index (χ4v) is 3.14. The highest BCUT2D eigenvalue weighted by Crippen LogP contribution is 2.26. The zero-order valence-electron chi connectivity index (χ0n) is 13.8. The van der Waals surface area contributed by atoms with Crippen molar-refractivity contribution in [1.29, 1.82) is 0 Å². The van der Waals surface area contributed by atoms with Crippen LogP contribution in [0.5, 0.6) is 5.75 Å². The normalized spacial score (nSPS) is 15.5. The van der Waals surface area contributed by atoms with Crippen LogP contribution in [0.4, 0.5) is 0 Å². The van der Waals surface area contributed by atoms with Crippen molar-refractivity contribution in [2.24, 2.45) is 0 Å². The number of nitrogens with one attached hydrogen (secondary N) is 1. The Morgan fingerprint density at radius 1 is 1.29 bits per heavy atom. The van der Waals surface area contributed by atoms with Gasteiger partial charge >= 0.3 is 0 Å². The molecule has 3 rings (SSSR count). The molecule has 1 fully saturated rings. The zero-order chi connectivity index (χ0) is 16.9. The van der Waals surface area contributed by atoms with E-state index >= 15 is 0 Å². The van der Waals surface area contributed by atoms with Crippen LogP contribution in [0.15, 0.2) is 29.6 Å². The Hall–Kier alpha value is -1.96. The number of carbonyl (C=O) groups excluding carboxylic acids is 1. The average molecular weight is 347 g/mol. The van der Waals surface area contributed by atoms with E-state index in [0.29, 0.717) is 32.0 Å². The first-order chi connectivity index (χ1) is 11.6. The van der Waals surface area contributed by atoms with Gasteiger partial charge in [0.15, 0.2) is 0 Å². The minimum atomic E-state index is -0.181. The number of amides is 1. The van der Waals surface area contributed by atoms with Crippen molar-refractivity contribution in [3.63, 3.8) is 0 Å². The molecule has 2 heterocycles. The van der Waals surface area contributed by atoms with Gasteiger partial charge in [-0.15, -0.1) is 11.3 Å². The smallest absolute Gasteiger partial charge is 0.285 e. The molecule has 1 aliphatic rings. The summed E-state index contributed by atoms with van der Waals surface area (Å²) in [6.45, 7) is 6.64. The summed E-state index contributed by atoms with van der Waals surface area (Å²) in [4.78, 5) is 16.7. The largest absolute Gasteiger partial charge is 0.491 e. The molecule has 0 bridgehead atoms. The third-order valence-corrected chi connectivity index (χ3v) is 4.37. The average Bonchev–Trinajstić information content (AvgIpc) is 3.06. The highest BCUT2D eigenvalue weighted by molar-refractivity contribution is 7.13. The molecule has 1 aliphatic heterocycles. The first-order valence-corrected chi connectivity index (χ1v) is 8.86. The highest BCUT2D eigenvalue weighted by Gasteiger charge is 2.17. The minimum Gasteiger partial charge on any atom is -0.491 e. The van der Waals surface area contributed by atoms with Gasteiger partial charge in [0.05, 0.1) is 19.3 Å². The predicted octanol–water partition coefficient (Wildman–Crippen LogP) is 2.57. The lowest BCUT2D eigenvalue weighted by Crippen LogP contribution is -2.48. The van der Waals surface area contributed by atoms with Crippen LogP contribution < -0.4 is 10.2 Å². The lowest BCUT2D eigenvalue weighted by Gasteiger charge is -2.26. The monoisotopic (exact) mass is 347 g/mol. The summed E-state index contributed by atoms with van der Waals surface area (Å²) in [5.41, 5.74) is 4.28. The van der Waals surface area contributed by atoms with Crippen molar-refractivity contribution >= 4 is 17.2 Å². The maximum atomic E-state index is 12.3. The zero-order valence-corrected chi connectivity index (χ0v) is 14.6. The molecule has 7 heteroatoms. The number of hydrogen-bond donors (Lipinski definition) is 1. The van der Waals surface area contributed by atoms with E-state index in [2.05, 4.69) is 10.4 Å². The Kier molecular flexibility index (Phi) is 5.44. The van der Waals surface area contributed by atoms with Gasteiger partial charge in [0, 0.05) is 24.0 Å². The van der Waals surface area contributed by atoms with Crippen molar-refractivity contribution < 1.29 is 14.3 Å². The summed E-state index contributed by atoms with van der Waals surface area (Å²) in [5.74, 6) is 0.648. The molecule has 24 heavy (non-hydrogen) atoms. The number of aromatic nitrogens is 1. The Balaban J connectivity index is 1.65. The molecule has 6 nitrogen and oxygen atoms in total. The molecule has 0 radical (unpaired) electrons. The van der Waals surface area contributed by atoms with Crippen LogP contribution in [0, 0.1) is 0 Å². The van der Waals surface area contributed by atoms with Crippen LogP contribution in [-0.2, 0) is 4.74 Å². The minimum absolute atomic E-state index is 0.145. The number of hydrogen-bond acceptors (Lipinski definition) is 6. The molecule has 0 spiro atoms. The summed E-state index contributed by atoms with van der Waals surface area (Å²) in [5, 5.41) is 4.46. The van der Waals surface area contributed by atoms with Gasteiger partial charge in [-0.25, -0.2) is 9.99 Å². The number of carbonyl (C=O) groups is 1. The number of hydrazine groups is 1. The Morgan fingerprint density at radius 2 is 2.00 bits per heavy atom. The summed E-state index contributed by atoms with van der Waals surface area (Å²) < 4.78 is 10.9. The number of ether oxygens (including phenoxy) is 2.